The predicted molar refractivity (Wildman–Crippen MR) is 73.5 cm³/mol. The molecule has 0 aliphatic rings. The second-order valence-electron chi connectivity index (χ2n) is 5.88. The third-order valence-corrected chi connectivity index (χ3v) is 2.98. The van der Waals surface area contributed by atoms with E-state index in [9.17, 15) is 9.59 Å². The normalized spacial score (nSPS) is 13.2. The summed E-state index contributed by atoms with van der Waals surface area (Å²) >= 11 is 0. The second kappa shape index (κ2) is 5.07. The van der Waals surface area contributed by atoms with E-state index in [-0.39, 0.29) is 17.0 Å². The van der Waals surface area contributed by atoms with E-state index in [4.69, 9.17) is 5.11 Å². The lowest BCUT2D eigenvalue weighted by molar-refractivity contribution is -0.125. The zero-order valence-corrected chi connectivity index (χ0v) is 12.4. The molecule has 1 unspecified atom stereocenters. The Labute approximate surface area is 113 Å². The molecule has 5 nitrogen and oxygen atoms in total. The number of carboxylic acids is 1. The summed E-state index contributed by atoms with van der Waals surface area (Å²) in [7, 11) is 0. The van der Waals surface area contributed by atoms with Crippen molar-refractivity contribution in [1.29, 1.82) is 0 Å². The topological polar surface area (TPSA) is 71.3 Å². The molecule has 1 heterocycles. The Bertz CT molecular complexity index is 509. The van der Waals surface area contributed by atoms with Crippen LogP contribution in [0.15, 0.2) is 6.07 Å². The maximum Gasteiger partial charge on any atom is 0.337 e. The smallest absolute Gasteiger partial charge is 0.337 e. The monoisotopic (exact) mass is 266 g/mol. The largest absolute Gasteiger partial charge is 0.478 e. The summed E-state index contributed by atoms with van der Waals surface area (Å²) in [5, 5.41) is 12.0. The molecule has 0 aromatic carbocycles. The van der Waals surface area contributed by atoms with Gasteiger partial charge in [0.1, 0.15) is 6.04 Å². The molecule has 0 saturated heterocycles. The van der Waals surface area contributed by atoms with E-state index >= 15 is 0 Å². The van der Waals surface area contributed by atoms with Crippen molar-refractivity contribution >= 4 is 11.9 Å². The van der Waals surface area contributed by atoms with Crippen LogP contribution < -0.4 is 5.32 Å². The number of rotatable bonds is 3. The number of carbonyl (C=O) groups excluding carboxylic acids is 1. The number of nitrogens with one attached hydrogen (secondary N) is 1. The molecule has 0 saturated carbocycles. The summed E-state index contributed by atoms with van der Waals surface area (Å²) in [6.07, 6.45) is 0. The molecule has 1 amide bonds. The Hall–Kier alpha value is -1.78. The number of carbonyl (C=O) groups is 2. The molecule has 0 bridgehead atoms. The van der Waals surface area contributed by atoms with Gasteiger partial charge in [-0.3, -0.25) is 4.79 Å². The van der Waals surface area contributed by atoms with E-state index in [0.717, 1.165) is 5.69 Å². The fourth-order valence-corrected chi connectivity index (χ4v) is 2.18. The van der Waals surface area contributed by atoms with Crippen molar-refractivity contribution in [3.05, 3.63) is 23.0 Å². The Morgan fingerprint density at radius 2 is 1.84 bits per heavy atom. The molecule has 106 valence electrons. The van der Waals surface area contributed by atoms with Gasteiger partial charge in [0, 0.05) is 16.9 Å². The third-order valence-electron chi connectivity index (χ3n) is 2.98. The van der Waals surface area contributed by atoms with Crippen molar-refractivity contribution < 1.29 is 14.7 Å². The average molecular weight is 266 g/mol. The van der Waals surface area contributed by atoms with Crippen LogP contribution in [0.1, 0.15) is 55.5 Å². The van der Waals surface area contributed by atoms with Gasteiger partial charge in [-0.15, -0.1) is 0 Å². The van der Waals surface area contributed by atoms with E-state index in [1.807, 2.05) is 20.8 Å². The van der Waals surface area contributed by atoms with Gasteiger partial charge < -0.3 is 15.0 Å². The van der Waals surface area contributed by atoms with Crippen LogP contribution in [0.3, 0.4) is 0 Å². The van der Waals surface area contributed by atoms with Gasteiger partial charge in [0.2, 0.25) is 5.91 Å². The SMILES string of the molecule is Cc1cc(C(=O)O)c(C)n1C(C)C(=O)NC(C)(C)C. The highest BCUT2D eigenvalue weighted by Crippen LogP contribution is 2.21. The highest BCUT2D eigenvalue weighted by atomic mass is 16.4. The fraction of sp³-hybridized carbons (Fsp3) is 0.571. The quantitative estimate of drug-likeness (QED) is 0.881. The number of amides is 1. The zero-order valence-electron chi connectivity index (χ0n) is 12.4. The van der Waals surface area contributed by atoms with Crippen molar-refractivity contribution in [2.24, 2.45) is 0 Å². The Balaban J connectivity index is 3.10. The highest BCUT2D eigenvalue weighted by Gasteiger charge is 2.24. The summed E-state index contributed by atoms with van der Waals surface area (Å²) in [4.78, 5) is 23.3. The van der Waals surface area contributed by atoms with Gasteiger partial charge >= 0.3 is 5.97 Å². The minimum atomic E-state index is -0.970. The second-order valence-corrected chi connectivity index (χ2v) is 5.88. The van der Waals surface area contributed by atoms with Crippen LogP contribution in [-0.2, 0) is 4.79 Å². The molecule has 0 spiro atoms. The molecule has 1 aromatic rings. The van der Waals surface area contributed by atoms with Crippen molar-refractivity contribution in [2.45, 2.75) is 53.1 Å². The van der Waals surface area contributed by atoms with Gasteiger partial charge in [0.25, 0.3) is 0 Å². The van der Waals surface area contributed by atoms with Crippen molar-refractivity contribution in [1.82, 2.24) is 9.88 Å². The minimum Gasteiger partial charge on any atom is -0.478 e. The Kier molecular flexibility index (Phi) is 4.08. The number of aromatic nitrogens is 1. The van der Waals surface area contributed by atoms with Crippen LogP contribution in [0, 0.1) is 13.8 Å². The number of aryl methyl sites for hydroxylation is 1. The maximum atomic E-state index is 12.2. The molecule has 0 aliphatic carbocycles. The molecule has 5 heteroatoms. The molecular weight excluding hydrogens is 244 g/mol. The van der Waals surface area contributed by atoms with Gasteiger partial charge in [-0.2, -0.15) is 0 Å². The van der Waals surface area contributed by atoms with Gasteiger partial charge in [0.05, 0.1) is 5.56 Å². The summed E-state index contributed by atoms with van der Waals surface area (Å²) in [6, 6.07) is 1.16. The first-order valence-electron chi connectivity index (χ1n) is 6.28. The molecule has 0 fully saturated rings. The van der Waals surface area contributed by atoms with Crippen LogP contribution in [-0.4, -0.2) is 27.1 Å². The molecule has 0 radical (unpaired) electrons. The van der Waals surface area contributed by atoms with E-state index in [0.29, 0.717) is 5.69 Å². The number of carboxylic acid groups (broad SMARTS) is 1. The van der Waals surface area contributed by atoms with Crippen molar-refractivity contribution in [2.75, 3.05) is 0 Å². The summed E-state index contributed by atoms with van der Waals surface area (Å²) in [5.74, 6) is -1.09. The molecular formula is C14H22N2O3. The van der Waals surface area contributed by atoms with Crippen molar-refractivity contribution in [3.8, 4) is 0 Å². The van der Waals surface area contributed by atoms with Crippen LogP contribution in [0.25, 0.3) is 0 Å². The lowest BCUT2D eigenvalue weighted by atomic mass is 10.1. The molecule has 2 N–H and O–H groups in total. The number of aromatic carboxylic acids is 1. The number of nitrogens with zero attached hydrogens (tertiary/aromatic N) is 1. The standard InChI is InChI=1S/C14H22N2O3/c1-8-7-11(13(18)19)9(2)16(8)10(3)12(17)15-14(4,5)6/h7,10H,1-6H3,(H,15,17)(H,18,19). The fourth-order valence-electron chi connectivity index (χ4n) is 2.18. The van der Waals surface area contributed by atoms with Gasteiger partial charge in [0.15, 0.2) is 0 Å². The van der Waals surface area contributed by atoms with Crippen LogP contribution in [0.2, 0.25) is 0 Å². The summed E-state index contributed by atoms with van der Waals surface area (Å²) < 4.78 is 1.75. The highest BCUT2D eigenvalue weighted by molar-refractivity contribution is 5.90. The first-order valence-corrected chi connectivity index (χ1v) is 6.28. The molecule has 19 heavy (non-hydrogen) atoms. The molecule has 1 aromatic heterocycles. The van der Waals surface area contributed by atoms with Crippen LogP contribution >= 0.6 is 0 Å². The number of hydrogen-bond acceptors (Lipinski definition) is 2. The molecule has 1 rings (SSSR count). The summed E-state index contributed by atoms with van der Waals surface area (Å²) in [6.45, 7) is 11.0. The lowest BCUT2D eigenvalue weighted by Gasteiger charge is -2.25. The van der Waals surface area contributed by atoms with Crippen LogP contribution in [0.5, 0.6) is 0 Å². The lowest BCUT2D eigenvalue weighted by Crippen LogP contribution is -2.44. The van der Waals surface area contributed by atoms with E-state index in [1.165, 1.54) is 0 Å². The minimum absolute atomic E-state index is 0.119. The number of hydrogen-bond donors (Lipinski definition) is 2. The maximum absolute atomic E-state index is 12.2. The third kappa shape index (κ3) is 3.36. The van der Waals surface area contributed by atoms with Crippen molar-refractivity contribution in [3.63, 3.8) is 0 Å². The first-order chi connectivity index (χ1) is 8.54. The Morgan fingerprint density at radius 1 is 1.32 bits per heavy atom. The first kappa shape index (κ1) is 15.3. The molecule has 1 atom stereocenters. The molecule has 0 aliphatic heterocycles. The van der Waals surface area contributed by atoms with Gasteiger partial charge in [-0.05, 0) is 47.6 Å². The Morgan fingerprint density at radius 3 is 2.21 bits per heavy atom. The predicted octanol–water partition coefficient (Wildman–Crippen LogP) is 2.28. The van der Waals surface area contributed by atoms with Gasteiger partial charge in [-0.25, -0.2) is 4.79 Å². The van der Waals surface area contributed by atoms with E-state index in [1.54, 1.807) is 31.4 Å². The summed E-state index contributed by atoms with van der Waals surface area (Å²) in [5.41, 5.74) is 1.30. The van der Waals surface area contributed by atoms with E-state index < -0.39 is 12.0 Å². The zero-order chi connectivity index (χ0) is 15.0. The average Bonchev–Trinajstić information content (AvgIpc) is 2.51. The van der Waals surface area contributed by atoms with E-state index in [2.05, 4.69) is 5.32 Å². The van der Waals surface area contributed by atoms with Gasteiger partial charge in [-0.1, -0.05) is 0 Å². The van der Waals surface area contributed by atoms with Crippen LogP contribution in [0.4, 0.5) is 0 Å².